The second-order valence-corrected chi connectivity index (χ2v) is 7.00. The topological polar surface area (TPSA) is 64.0 Å². The number of nitrogens with one attached hydrogen (secondary N) is 1. The molecule has 1 fully saturated rings. The first-order valence-electron chi connectivity index (χ1n) is 6.53. The Morgan fingerprint density at radius 2 is 2.33 bits per heavy atom. The molecular weight excluding hydrogens is 250 g/mol. The van der Waals surface area contributed by atoms with Crippen LogP contribution in [0.5, 0.6) is 0 Å². The van der Waals surface area contributed by atoms with E-state index in [2.05, 4.69) is 10.4 Å². The fourth-order valence-electron chi connectivity index (χ4n) is 2.69. The molecule has 2 atom stereocenters. The van der Waals surface area contributed by atoms with Crippen LogP contribution in [0.2, 0.25) is 0 Å². The summed E-state index contributed by atoms with van der Waals surface area (Å²) in [7, 11) is -2.84. The molecule has 0 bridgehead atoms. The lowest BCUT2D eigenvalue weighted by Crippen LogP contribution is -2.31. The zero-order chi connectivity index (χ0) is 13.2. The first-order valence-corrected chi connectivity index (χ1v) is 8.35. The summed E-state index contributed by atoms with van der Waals surface area (Å²) in [6, 6.07) is 2.08. The van der Waals surface area contributed by atoms with Crippen LogP contribution in [0.3, 0.4) is 0 Å². The zero-order valence-corrected chi connectivity index (χ0v) is 11.8. The molecule has 0 spiro atoms. The highest BCUT2D eigenvalue weighted by Gasteiger charge is 2.35. The van der Waals surface area contributed by atoms with E-state index < -0.39 is 9.84 Å². The highest BCUT2D eigenvalue weighted by molar-refractivity contribution is 7.91. The molecule has 1 aromatic heterocycles. The Bertz CT molecular complexity index is 495. The molecule has 1 N–H and O–H groups in total. The molecule has 1 aromatic rings. The third kappa shape index (κ3) is 2.75. The van der Waals surface area contributed by atoms with E-state index in [1.165, 1.54) is 0 Å². The smallest absolute Gasteiger partial charge is 0.150 e. The first kappa shape index (κ1) is 13.5. The minimum Gasteiger partial charge on any atom is -0.309 e. The summed E-state index contributed by atoms with van der Waals surface area (Å²) in [4.78, 5) is 0. The summed E-state index contributed by atoms with van der Waals surface area (Å²) in [6.07, 6.45) is 2.53. The number of nitrogens with zero attached hydrogens (tertiary/aromatic N) is 2. The predicted octanol–water partition coefficient (Wildman–Crippen LogP) is 0.988. The Morgan fingerprint density at radius 1 is 1.56 bits per heavy atom. The zero-order valence-electron chi connectivity index (χ0n) is 11.0. The summed E-state index contributed by atoms with van der Waals surface area (Å²) in [5.41, 5.74) is 1.10. The van der Waals surface area contributed by atoms with Crippen LogP contribution in [0.15, 0.2) is 12.3 Å². The molecule has 1 saturated heterocycles. The van der Waals surface area contributed by atoms with Crippen molar-refractivity contribution in [2.75, 3.05) is 18.1 Å². The third-order valence-corrected chi connectivity index (χ3v) is 5.32. The molecule has 102 valence electrons. The second kappa shape index (κ2) is 5.40. The molecule has 0 radical (unpaired) electrons. The van der Waals surface area contributed by atoms with E-state index in [9.17, 15) is 8.42 Å². The number of sulfone groups is 1. The Labute approximate surface area is 108 Å². The number of rotatable bonds is 5. The van der Waals surface area contributed by atoms with Gasteiger partial charge in [-0.3, -0.25) is 4.68 Å². The van der Waals surface area contributed by atoms with Gasteiger partial charge in [-0.15, -0.1) is 0 Å². The second-order valence-electron chi connectivity index (χ2n) is 4.77. The van der Waals surface area contributed by atoms with Gasteiger partial charge in [-0.2, -0.15) is 5.10 Å². The third-order valence-electron chi connectivity index (χ3n) is 3.53. The largest absolute Gasteiger partial charge is 0.309 e. The molecule has 0 aliphatic carbocycles. The highest BCUT2D eigenvalue weighted by atomic mass is 32.2. The minimum absolute atomic E-state index is 0.0923. The molecule has 6 heteroatoms. The van der Waals surface area contributed by atoms with Gasteiger partial charge in [-0.05, 0) is 31.9 Å². The molecule has 5 nitrogen and oxygen atoms in total. The Hall–Kier alpha value is -0.880. The van der Waals surface area contributed by atoms with E-state index in [0.717, 1.165) is 25.2 Å². The molecule has 0 aromatic carbocycles. The number of hydrogen-bond acceptors (Lipinski definition) is 4. The van der Waals surface area contributed by atoms with E-state index in [0.29, 0.717) is 11.5 Å². The van der Waals surface area contributed by atoms with E-state index >= 15 is 0 Å². The van der Waals surface area contributed by atoms with E-state index in [1.807, 2.05) is 24.6 Å². The molecule has 2 rings (SSSR count). The van der Waals surface area contributed by atoms with Gasteiger partial charge in [-0.25, -0.2) is 8.42 Å². The first-order chi connectivity index (χ1) is 8.57. The van der Waals surface area contributed by atoms with Crippen molar-refractivity contribution in [2.24, 2.45) is 5.92 Å². The Morgan fingerprint density at radius 3 is 2.89 bits per heavy atom. The van der Waals surface area contributed by atoms with Gasteiger partial charge < -0.3 is 5.32 Å². The minimum atomic E-state index is -2.84. The van der Waals surface area contributed by atoms with Crippen molar-refractivity contribution in [2.45, 2.75) is 32.9 Å². The van der Waals surface area contributed by atoms with Crippen LogP contribution in [0.4, 0.5) is 0 Å². The van der Waals surface area contributed by atoms with Crippen molar-refractivity contribution in [1.29, 1.82) is 0 Å². The van der Waals surface area contributed by atoms with Gasteiger partial charge in [0.05, 0.1) is 23.2 Å². The lowest BCUT2D eigenvalue weighted by Gasteiger charge is -2.24. The highest BCUT2D eigenvalue weighted by Crippen LogP contribution is 2.31. The van der Waals surface area contributed by atoms with Crippen LogP contribution < -0.4 is 5.32 Å². The standard InChI is InChI=1S/C12H21N3O2S/c1-3-13-12(10-6-8-18(16,17)9-10)11-5-7-14-15(11)4-2/h5,7,10,12-13H,3-4,6,8-9H2,1-2H3. The van der Waals surface area contributed by atoms with Crippen molar-refractivity contribution in [1.82, 2.24) is 15.1 Å². The van der Waals surface area contributed by atoms with Gasteiger partial charge in [-0.1, -0.05) is 6.92 Å². The number of hydrogen-bond donors (Lipinski definition) is 1. The normalized spacial score (nSPS) is 24.2. The van der Waals surface area contributed by atoms with Gasteiger partial charge in [0.1, 0.15) is 0 Å². The predicted molar refractivity (Wildman–Crippen MR) is 71.1 cm³/mol. The van der Waals surface area contributed by atoms with Crippen LogP contribution in [-0.4, -0.2) is 36.2 Å². The van der Waals surface area contributed by atoms with Crippen molar-refractivity contribution in [3.8, 4) is 0 Å². The van der Waals surface area contributed by atoms with E-state index in [1.54, 1.807) is 6.20 Å². The average molecular weight is 271 g/mol. The fourth-order valence-corrected chi connectivity index (χ4v) is 4.53. The summed E-state index contributed by atoms with van der Waals surface area (Å²) in [5.74, 6) is 0.774. The molecular formula is C12H21N3O2S. The molecule has 0 amide bonds. The molecule has 2 unspecified atom stereocenters. The van der Waals surface area contributed by atoms with Gasteiger partial charge in [0.15, 0.2) is 9.84 Å². The SMILES string of the molecule is CCNC(c1ccnn1CC)C1CCS(=O)(=O)C1. The van der Waals surface area contributed by atoms with Crippen molar-refractivity contribution in [3.63, 3.8) is 0 Å². The van der Waals surface area contributed by atoms with Crippen molar-refractivity contribution >= 4 is 9.84 Å². The van der Waals surface area contributed by atoms with Crippen LogP contribution in [0.1, 0.15) is 32.0 Å². The molecule has 18 heavy (non-hydrogen) atoms. The van der Waals surface area contributed by atoms with E-state index in [-0.39, 0.29) is 12.0 Å². The molecule has 1 aliphatic heterocycles. The van der Waals surface area contributed by atoms with Crippen molar-refractivity contribution < 1.29 is 8.42 Å². The van der Waals surface area contributed by atoms with Gasteiger partial charge in [0.25, 0.3) is 0 Å². The molecule has 0 saturated carbocycles. The van der Waals surface area contributed by atoms with Crippen LogP contribution in [0.25, 0.3) is 0 Å². The maximum Gasteiger partial charge on any atom is 0.150 e. The maximum atomic E-state index is 11.6. The lowest BCUT2D eigenvalue weighted by molar-refractivity contribution is 0.374. The van der Waals surface area contributed by atoms with Crippen LogP contribution >= 0.6 is 0 Å². The average Bonchev–Trinajstić information content (AvgIpc) is 2.92. The summed E-state index contributed by atoms with van der Waals surface area (Å²) in [6.45, 7) is 5.73. The van der Waals surface area contributed by atoms with Gasteiger partial charge in [0, 0.05) is 12.7 Å². The Kier molecular flexibility index (Phi) is 4.07. The van der Waals surface area contributed by atoms with Crippen LogP contribution in [-0.2, 0) is 16.4 Å². The molecule has 1 aliphatic rings. The summed E-state index contributed by atoms with van der Waals surface area (Å²) in [5, 5.41) is 7.69. The van der Waals surface area contributed by atoms with Gasteiger partial charge in [0.2, 0.25) is 0 Å². The number of aromatic nitrogens is 2. The lowest BCUT2D eigenvalue weighted by atomic mass is 9.96. The fraction of sp³-hybridized carbons (Fsp3) is 0.750. The Balaban J connectivity index is 2.24. The quantitative estimate of drug-likeness (QED) is 0.867. The molecule has 2 heterocycles. The van der Waals surface area contributed by atoms with Crippen molar-refractivity contribution in [3.05, 3.63) is 18.0 Å². The monoisotopic (exact) mass is 271 g/mol. The van der Waals surface area contributed by atoms with Crippen LogP contribution in [0, 0.1) is 5.92 Å². The number of aryl methyl sites for hydroxylation is 1. The van der Waals surface area contributed by atoms with Gasteiger partial charge >= 0.3 is 0 Å². The summed E-state index contributed by atoms with van der Waals surface area (Å²) < 4.78 is 25.2. The van der Waals surface area contributed by atoms with E-state index in [4.69, 9.17) is 0 Å². The maximum absolute atomic E-state index is 11.6. The summed E-state index contributed by atoms with van der Waals surface area (Å²) >= 11 is 0.